The molecule has 126 valence electrons. The Morgan fingerprint density at radius 1 is 1.57 bits per heavy atom. The van der Waals surface area contributed by atoms with Crippen molar-refractivity contribution in [1.29, 1.82) is 5.26 Å². The van der Waals surface area contributed by atoms with Crippen LogP contribution < -0.4 is 0 Å². The summed E-state index contributed by atoms with van der Waals surface area (Å²) in [5, 5.41) is 9.38. The summed E-state index contributed by atoms with van der Waals surface area (Å²) in [6.45, 7) is 7.28. The minimum atomic E-state index is -0.973. The maximum Gasteiger partial charge on any atom is 0.327 e. The molecule has 6 atom stereocenters. The zero-order chi connectivity index (χ0) is 17.0. The molecular formula is C17H23NO5. The van der Waals surface area contributed by atoms with Crippen molar-refractivity contribution in [3.63, 3.8) is 0 Å². The highest BCUT2D eigenvalue weighted by Crippen LogP contribution is 2.62. The monoisotopic (exact) mass is 321 g/mol. The number of esters is 2. The first-order chi connectivity index (χ1) is 10.7. The molecule has 0 N–H and O–H groups in total. The van der Waals surface area contributed by atoms with Crippen LogP contribution in [0.25, 0.3) is 0 Å². The molecule has 0 aromatic carbocycles. The van der Waals surface area contributed by atoms with E-state index in [0.717, 1.165) is 6.42 Å². The fourth-order valence-corrected chi connectivity index (χ4v) is 4.02. The van der Waals surface area contributed by atoms with Crippen LogP contribution in [0.15, 0.2) is 0 Å². The molecular weight excluding hydrogens is 298 g/mol. The summed E-state index contributed by atoms with van der Waals surface area (Å²) in [5.74, 6) is -0.702. The van der Waals surface area contributed by atoms with E-state index >= 15 is 0 Å². The van der Waals surface area contributed by atoms with Crippen molar-refractivity contribution >= 4 is 11.9 Å². The molecule has 3 fully saturated rings. The van der Waals surface area contributed by atoms with Crippen LogP contribution in [0.5, 0.6) is 0 Å². The molecule has 0 aromatic rings. The Morgan fingerprint density at radius 2 is 2.26 bits per heavy atom. The molecule has 1 saturated heterocycles. The number of nitriles is 1. The van der Waals surface area contributed by atoms with Crippen LogP contribution in [0.4, 0.5) is 0 Å². The molecule has 0 radical (unpaired) electrons. The summed E-state index contributed by atoms with van der Waals surface area (Å²) < 4.78 is 16.7. The molecule has 3 aliphatic rings. The topological polar surface area (TPSA) is 85.6 Å². The second-order valence-corrected chi connectivity index (χ2v) is 7.57. The van der Waals surface area contributed by atoms with Gasteiger partial charge in [0.05, 0.1) is 11.5 Å². The molecule has 3 rings (SSSR count). The number of hydrogen-bond acceptors (Lipinski definition) is 6. The smallest absolute Gasteiger partial charge is 0.327 e. The largest absolute Gasteiger partial charge is 0.458 e. The molecule has 1 heterocycles. The first-order valence-electron chi connectivity index (χ1n) is 8.24. The molecule has 0 spiro atoms. The SMILES string of the molecule is CCC(C)(C)C(=O)OC(C)OC1C2CC3C1OC(=O)C3(C#N)C2. The van der Waals surface area contributed by atoms with Crippen molar-refractivity contribution in [3.8, 4) is 6.07 Å². The molecule has 2 saturated carbocycles. The predicted octanol–water partition coefficient (Wildman–Crippen LogP) is 2.17. The van der Waals surface area contributed by atoms with Gasteiger partial charge < -0.3 is 14.2 Å². The van der Waals surface area contributed by atoms with Gasteiger partial charge in [-0.05, 0) is 46.0 Å². The molecule has 6 unspecified atom stereocenters. The molecule has 2 aliphatic carbocycles. The fourth-order valence-electron chi connectivity index (χ4n) is 4.02. The zero-order valence-corrected chi connectivity index (χ0v) is 14.0. The maximum absolute atomic E-state index is 12.1. The quantitative estimate of drug-likeness (QED) is 0.570. The Hall–Kier alpha value is -1.61. The van der Waals surface area contributed by atoms with E-state index in [0.29, 0.717) is 12.8 Å². The van der Waals surface area contributed by atoms with Gasteiger partial charge in [0.2, 0.25) is 6.29 Å². The Bertz CT molecular complexity index is 580. The van der Waals surface area contributed by atoms with Crippen LogP contribution in [-0.2, 0) is 23.8 Å². The van der Waals surface area contributed by atoms with E-state index in [1.54, 1.807) is 6.92 Å². The Labute approximate surface area is 136 Å². The number of nitrogens with zero attached hydrogens (tertiary/aromatic N) is 1. The van der Waals surface area contributed by atoms with Gasteiger partial charge in [0, 0.05) is 5.92 Å². The predicted molar refractivity (Wildman–Crippen MR) is 78.6 cm³/mol. The van der Waals surface area contributed by atoms with Gasteiger partial charge in [0.1, 0.15) is 12.2 Å². The third-order valence-corrected chi connectivity index (χ3v) is 5.82. The van der Waals surface area contributed by atoms with Crippen LogP contribution in [-0.4, -0.2) is 30.4 Å². The third kappa shape index (κ3) is 2.25. The maximum atomic E-state index is 12.1. The van der Waals surface area contributed by atoms with Gasteiger partial charge in [-0.3, -0.25) is 9.59 Å². The summed E-state index contributed by atoms with van der Waals surface area (Å²) in [4.78, 5) is 24.2. The number of fused-ring (bicyclic) bond motifs is 1. The highest BCUT2D eigenvalue weighted by molar-refractivity contribution is 5.84. The molecule has 6 heteroatoms. The first kappa shape index (κ1) is 16.3. The van der Waals surface area contributed by atoms with Gasteiger partial charge in [0.25, 0.3) is 0 Å². The van der Waals surface area contributed by atoms with Gasteiger partial charge >= 0.3 is 11.9 Å². The number of hydrogen-bond donors (Lipinski definition) is 0. The Balaban J connectivity index is 1.64. The molecule has 0 amide bonds. The van der Waals surface area contributed by atoms with Crippen molar-refractivity contribution < 1.29 is 23.8 Å². The number of ether oxygens (including phenoxy) is 3. The fraction of sp³-hybridized carbons (Fsp3) is 0.824. The van der Waals surface area contributed by atoms with Crippen molar-refractivity contribution in [2.45, 2.75) is 65.5 Å². The summed E-state index contributed by atoms with van der Waals surface area (Å²) in [6.07, 6.45) is 0.540. The standard InChI is InChI=1S/C17H23NO5/c1-5-16(3,4)14(19)22-9(2)21-12-10-6-11-13(12)23-15(20)17(11,7-10)8-18/h9-13H,5-7H2,1-4H3. The van der Waals surface area contributed by atoms with Crippen LogP contribution in [0.3, 0.4) is 0 Å². The number of carbonyl (C=O) groups is 2. The van der Waals surface area contributed by atoms with E-state index in [1.807, 2.05) is 20.8 Å². The summed E-state index contributed by atoms with van der Waals surface area (Å²) >= 11 is 0. The van der Waals surface area contributed by atoms with Gasteiger partial charge in [-0.2, -0.15) is 5.26 Å². The lowest BCUT2D eigenvalue weighted by molar-refractivity contribution is -0.207. The van der Waals surface area contributed by atoms with Crippen molar-refractivity contribution in [2.75, 3.05) is 0 Å². The third-order valence-electron chi connectivity index (χ3n) is 5.82. The average molecular weight is 321 g/mol. The lowest BCUT2D eigenvalue weighted by atomic mass is 9.75. The lowest BCUT2D eigenvalue weighted by Gasteiger charge is -2.31. The van der Waals surface area contributed by atoms with Crippen LogP contribution >= 0.6 is 0 Å². The van der Waals surface area contributed by atoms with E-state index in [-0.39, 0.29) is 30.0 Å². The summed E-state index contributed by atoms with van der Waals surface area (Å²) in [6, 6.07) is 2.17. The van der Waals surface area contributed by atoms with E-state index in [2.05, 4.69) is 6.07 Å². The second kappa shape index (κ2) is 5.20. The molecule has 2 bridgehead atoms. The zero-order valence-electron chi connectivity index (χ0n) is 14.0. The number of carbonyl (C=O) groups excluding carboxylic acids is 2. The van der Waals surface area contributed by atoms with E-state index in [9.17, 15) is 14.9 Å². The molecule has 1 aliphatic heterocycles. The van der Waals surface area contributed by atoms with Gasteiger partial charge in [-0.15, -0.1) is 0 Å². The summed E-state index contributed by atoms with van der Waals surface area (Å²) in [7, 11) is 0. The second-order valence-electron chi connectivity index (χ2n) is 7.57. The van der Waals surface area contributed by atoms with Crippen LogP contribution in [0.2, 0.25) is 0 Å². The van der Waals surface area contributed by atoms with Gasteiger partial charge in [0.15, 0.2) is 5.41 Å². The molecule has 23 heavy (non-hydrogen) atoms. The lowest BCUT2D eigenvalue weighted by Crippen LogP contribution is -2.41. The normalized spacial score (nSPS) is 39.0. The molecule has 6 nitrogen and oxygen atoms in total. The Kier molecular flexibility index (Phi) is 3.68. The van der Waals surface area contributed by atoms with Crippen LogP contribution in [0.1, 0.15) is 47.0 Å². The van der Waals surface area contributed by atoms with Crippen molar-refractivity contribution in [3.05, 3.63) is 0 Å². The van der Waals surface area contributed by atoms with E-state index in [4.69, 9.17) is 14.2 Å². The van der Waals surface area contributed by atoms with E-state index < -0.39 is 23.1 Å². The minimum absolute atomic E-state index is 0.0926. The summed E-state index contributed by atoms with van der Waals surface area (Å²) in [5.41, 5.74) is -1.53. The van der Waals surface area contributed by atoms with Gasteiger partial charge in [-0.1, -0.05) is 6.92 Å². The van der Waals surface area contributed by atoms with Crippen molar-refractivity contribution in [1.82, 2.24) is 0 Å². The highest BCUT2D eigenvalue weighted by Gasteiger charge is 2.71. The average Bonchev–Trinajstić information content (AvgIpc) is 3.09. The van der Waals surface area contributed by atoms with Gasteiger partial charge in [-0.25, -0.2) is 0 Å². The Morgan fingerprint density at radius 3 is 2.87 bits per heavy atom. The first-order valence-corrected chi connectivity index (χ1v) is 8.24. The van der Waals surface area contributed by atoms with Crippen LogP contribution in [0, 0.1) is 34.0 Å². The molecule has 0 aromatic heterocycles. The number of rotatable bonds is 5. The minimum Gasteiger partial charge on any atom is -0.458 e. The highest BCUT2D eigenvalue weighted by atomic mass is 16.7. The van der Waals surface area contributed by atoms with E-state index in [1.165, 1.54) is 0 Å². The van der Waals surface area contributed by atoms with Crippen molar-refractivity contribution in [2.24, 2.45) is 22.7 Å².